The fraction of sp³-hybridized carbons (Fsp3) is 0.833. The van der Waals surface area contributed by atoms with E-state index in [4.69, 9.17) is 10.2 Å². The van der Waals surface area contributed by atoms with Crippen molar-refractivity contribution in [2.24, 2.45) is 11.3 Å². The average Bonchev–Trinajstić information content (AvgIpc) is 2.24. The molecular formula is C12H24N2O4. The highest BCUT2D eigenvalue weighted by atomic mass is 16.4. The smallest absolute Gasteiger partial charge is 0.332 e. The van der Waals surface area contributed by atoms with Gasteiger partial charge in [0.15, 0.2) is 6.10 Å². The second-order valence-electron chi connectivity index (χ2n) is 5.55. The van der Waals surface area contributed by atoms with Crippen LogP contribution in [0.2, 0.25) is 0 Å². The van der Waals surface area contributed by atoms with Crippen molar-refractivity contribution in [1.29, 1.82) is 0 Å². The van der Waals surface area contributed by atoms with Gasteiger partial charge in [0.05, 0.1) is 0 Å². The van der Waals surface area contributed by atoms with Crippen molar-refractivity contribution in [2.45, 2.75) is 40.2 Å². The Kier molecular flexibility index (Phi) is 6.68. The molecule has 4 N–H and O–H groups in total. The number of aliphatic carboxylic acids is 1. The predicted molar refractivity (Wildman–Crippen MR) is 68.3 cm³/mol. The van der Waals surface area contributed by atoms with Crippen LogP contribution < -0.4 is 10.6 Å². The molecule has 0 radical (unpaired) electrons. The third-order valence-electron chi connectivity index (χ3n) is 3.04. The minimum atomic E-state index is -1.43. The lowest BCUT2D eigenvalue weighted by molar-refractivity contribution is -0.146. The van der Waals surface area contributed by atoms with E-state index in [0.29, 0.717) is 12.5 Å². The minimum Gasteiger partial charge on any atom is -0.479 e. The number of carboxylic acids is 1. The molecule has 0 rings (SSSR count). The molecule has 0 spiro atoms. The van der Waals surface area contributed by atoms with Gasteiger partial charge in [-0.25, -0.2) is 9.59 Å². The van der Waals surface area contributed by atoms with Crippen LogP contribution in [0.1, 0.15) is 34.1 Å². The molecule has 2 atom stereocenters. The maximum atomic E-state index is 11.4. The number of amides is 2. The first-order valence-electron chi connectivity index (χ1n) is 6.07. The lowest BCUT2D eigenvalue weighted by atomic mass is 9.82. The molecule has 0 aromatic rings. The van der Waals surface area contributed by atoms with Crippen LogP contribution in [0.15, 0.2) is 0 Å². The molecule has 0 saturated heterocycles. The van der Waals surface area contributed by atoms with Gasteiger partial charge in [0.1, 0.15) is 0 Å². The molecule has 0 aliphatic rings. The van der Waals surface area contributed by atoms with Gasteiger partial charge in [0, 0.05) is 19.5 Å². The molecule has 6 heteroatoms. The Balaban J connectivity index is 3.76. The first kappa shape index (κ1) is 16.7. The summed E-state index contributed by atoms with van der Waals surface area (Å²) in [5.74, 6) is -0.952. The topological polar surface area (TPSA) is 98.7 Å². The van der Waals surface area contributed by atoms with E-state index in [1.165, 1.54) is 0 Å². The highest BCUT2D eigenvalue weighted by molar-refractivity contribution is 5.74. The molecule has 2 unspecified atom stereocenters. The Morgan fingerprint density at radius 3 is 2.22 bits per heavy atom. The number of aliphatic hydroxyl groups excluding tert-OH is 1. The lowest BCUT2D eigenvalue weighted by Gasteiger charge is -2.27. The quantitative estimate of drug-likeness (QED) is 0.568. The number of carboxylic acid groups (broad SMARTS) is 1. The van der Waals surface area contributed by atoms with Crippen LogP contribution in [0.3, 0.4) is 0 Å². The second kappa shape index (κ2) is 7.20. The molecule has 0 fully saturated rings. The van der Waals surface area contributed by atoms with Crippen molar-refractivity contribution < 1.29 is 19.8 Å². The number of aliphatic hydroxyl groups is 1. The van der Waals surface area contributed by atoms with E-state index >= 15 is 0 Å². The SMILES string of the molecule is CC(CNC(=O)NCCC(O)C(=O)O)C(C)(C)C. The van der Waals surface area contributed by atoms with Gasteiger partial charge in [-0.05, 0) is 11.3 Å². The lowest BCUT2D eigenvalue weighted by Crippen LogP contribution is -2.41. The van der Waals surface area contributed by atoms with Crippen molar-refractivity contribution in [1.82, 2.24) is 10.6 Å². The van der Waals surface area contributed by atoms with Crippen LogP contribution in [-0.4, -0.2) is 41.4 Å². The van der Waals surface area contributed by atoms with E-state index < -0.39 is 12.1 Å². The first-order valence-corrected chi connectivity index (χ1v) is 6.07. The van der Waals surface area contributed by atoms with Crippen molar-refractivity contribution in [3.63, 3.8) is 0 Å². The predicted octanol–water partition coefficient (Wildman–Crippen LogP) is 0.803. The molecule has 0 aliphatic heterocycles. The van der Waals surface area contributed by atoms with E-state index in [2.05, 4.69) is 38.3 Å². The standard InChI is InChI=1S/C12H24N2O4/c1-8(12(2,3)4)7-14-11(18)13-6-5-9(15)10(16)17/h8-9,15H,5-7H2,1-4H3,(H,16,17)(H2,13,14,18). The van der Waals surface area contributed by atoms with Crippen molar-refractivity contribution in [2.75, 3.05) is 13.1 Å². The zero-order valence-corrected chi connectivity index (χ0v) is 11.5. The van der Waals surface area contributed by atoms with Gasteiger partial charge in [0.2, 0.25) is 0 Å². The largest absolute Gasteiger partial charge is 0.479 e. The number of carbonyl (C=O) groups excluding carboxylic acids is 1. The monoisotopic (exact) mass is 260 g/mol. The van der Waals surface area contributed by atoms with E-state index in [1.807, 2.05) is 0 Å². The fourth-order valence-corrected chi connectivity index (χ4v) is 1.06. The van der Waals surface area contributed by atoms with Crippen molar-refractivity contribution >= 4 is 12.0 Å². The van der Waals surface area contributed by atoms with E-state index in [-0.39, 0.29) is 24.4 Å². The first-order chi connectivity index (χ1) is 8.14. The summed E-state index contributed by atoms with van der Waals surface area (Å²) in [4.78, 5) is 21.7. The number of hydrogen-bond acceptors (Lipinski definition) is 3. The summed E-state index contributed by atoms with van der Waals surface area (Å²) in [6, 6.07) is -0.344. The molecule has 0 aliphatic carbocycles. The van der Waals surface area contributed by atoms with Crippen LogP contribution in [0.25, 0.3) is 0 Å². The number of hydrogen-bond donors (Lipinski definition) is 4. The fourth-order valence-electron chi connectivity index (χ4n) is 1.06. The van der Waals surface area contributed by atoms with E-state index in [9.17, 15) is 9.59 Å². The Bertz CT molecular complexity index is 286. The summed E-state index contributed by atoms with van der Waals surface area (Å²) in [6.45, 7) is 9.02. The molecule has 0 bridgehead atoms. The summed E-state index contributed by atoms with van der Waals surface area (Å²) < 4.78 is 0. The molecule has 18 heavy (non-hydrogen) atoms. The van der Waals surface area contributed by atoms with Gasteiger partial charge in [-0.1, -0.05) is 27.7 Å². The third-order valence-corrected chi connectivity index (χ3v) is 3.04. The van der Waals surface area contributed by atoms with Crippen LogP contribution in [0.4, 0.5) is 4.79 Å². The number of urea groups is 1. The summed E-state index contributed by atoms with van der Waals surface area (Å²) in [5.41, 5.74) is 0.118. The highest BCUT2D eigenvalue weighted by Crippen LogP contribution is 2.24. The number of rotatable bonds is 6. The van der Waals surface area contributed by atoms with E-state index in [0.717, 1.165) is 0 Å². The minimum absolute atomic E-state index is 0.00240. The van der Waals surface area contributed by atoms with Crippen molar-refractivity contribution in [3.8, 4) is 0 Å². The molecule has 0 aromatic heterocycles. The Labute approximate surface area is 108 Å². The molecule has 106 valence electrons. The average molecular weight is 260 g/mol. The normalized spacial score (nSPS) is 14.7. The molecule has 2 amide bonds. The highest BCUT2D eigenvalue weighted by Gasteiger charge is 2.20. The summed E-state index contributed by atoms with van der Waals surface area (Å²) in [7, 11) is 0. The maximum Gasteiger partial charge on any atom is 0.332 e. The molecule has 0 saturated carbocycles. The van der Waals surface area contributed by atoms with Crippen LogP contribution in [-0.2, 0) is 4.79 Å². The summed E-state index contributed by atoms with van der Waals surface area (Å²) in [5, 5.41) is 22.6. The third kappa shape index (κ3) is 7.11. The molecular weight excluding hydrogens is 236 g/mol. The van der Waals surface area contributed by atoms with E-state index in [1.54, 1.807) is 0 Å². The van der Waals surface area contributed by atoms with Gasteiger partial charge in [-0.3, -0.25) is 0 Å². The number of nitrogens with one attached hydrogen (secondary N) is 2. The van der Waals surface area contributed by atoms with Gasteiger partial charge >= 0.3 is 12.0 Å². The number of carbonyl (C=O) groups is 2. The van der Waals surface area contributed by atoms with Crippen molar-refractivity contribution in [3.05, 3.63) is 0 Å². The Morgan fingerprint density at radius 1 is 1.22 bits per heavy atom. The Hall–Kier alpha value is -1.30. The van der Waals surface area contributed by atoms with Crippen LogP contribution in [0.5, 0.6) is 0 Å². The molecule has 6 nitrogen and oxygen atoms in total. The molecule has 0 heterocycles. The second-order valence-corrected chi connectivity index (χ2v) is 5.55. The molecule has 0 aromatic carbocycles. The summed E-state index contributed by atoms with van der Waals surface area (Å²) >= 11 is 0. The zero-order valence-electron chi connectivity index (χ0n) is 11.5. The van der Waals surface area contributed by atoms with Gasteiger partial charge in [0.25, 0.3) is 0 Å². The Morgan fingerprint density at radius 2 is 1.78 bits per heavy atom. The van der Waals surface area contributed by atoms with Gasteiger partial charge < -0.3 is 20.8 Å². The van der Waals surface area contributed by atoms with Crippen LogP contribution >= 0.6 is 0 Å². The summed E-state index contributed by atoms with van der Waals surface area (Å²) in [6.07, 6.45) is -1.43. The van der Waals surface area contributed by atoms with Crippen LogP contribution in [0, 0.1) is 11.3 Å². The maximum absolute atomic E-state index is 11.4. The zero-order chi connectivity index (χ0) is 14.3. The van der Waals surface area contributed by atoms with Gasteiger partial charge in [-0.2, -0.15) is 0 Å². The van der Waals surface area contributed by atoms with Gasteiger partial charge in [-0.15, -0.1) is 0 Å².